The summed E-state index contributed by atoms with van der Waals surface area (Å²) in [5, 5.41) is 0.590. The van der Waals surface area contributed by atoms with Gasteiger partial charge in [0.2, 0.25) is 0 Å². The summed E-state index contributed by atoms with van der Waals surface area (Å²) < 4.78 is 0.826. The van der Waals surface area contributed by atoms with Crippen LogP contribution in [0, 0.1) is 5.92 Å². The lowest BCUT2D eigenvalue weighted by Gasteiger charge is -2.30. The van der Waals surface area contributed by atoms with Crippen LogP contribution in [0.2, 0.25) is 5.02 Å². The summed E-state index contributed by atoms with van der Waals surface area (Å²) in [4.78, 5) is 14.8. The van der Waals surface area contributed by atoms with E-state index in [9.17, 15) is 4.79 Å². The maximum absolute atomic E-state index is 12.8. The first-order valence-corrected chi connectivity index (χ1v) is 8.42. The van der Waals surface area contributed by atoms with Crippen molar-refractivity contribution >= 4 is 33.4 Å². The van der Waals surface area contributed by atoms with Crippen molar-refractivity contribution in [2.45, 2.75) is 45.6 Å². The summed E-state index contributed by atoms with van der Waals surface area (Å²) in [6.45, 7) is 5.13. The largest absolute Gasteiger partial charge is 0.335 e. The zero-order valence-electron chi connectivity index (χ0n) is 12.0. The van der Waals surface area contributed by atoms with Gasteiger partial charge in [0, 0.05) is 22.6 Å². The Morgan fingerprint density at radius 2 is 2.05 bits per heavy atom. The molecule has 0 N–H and O–H groups in total. The Kier molecular flexibility index (Phi) is 5.50. The van der Waals surface area contributed by atoms with Gasteiger partial charge in [-0.05, 0) is 52.9 Å². The topological polar surface area (TPSA) is 20.3 Å². The van der Waals surface area contributed by atoms with Crippen molar-refractivity contribution in [1.82, 2.24) is 4.90 Å². The van der Waals surface area contributed by atoms with Gasteiger partial charge in [-0.15, -0.1) is 0 Å². The third-order valence-corrected chi connectivity index (χ3v) is 4.99. The predicted octanol–water partition coefficient (Wildman–Crippen LogP) is 5.14. The summed E-state index contributed by atoms with van der Waals surface area (Å²) in [6, 6.07) is 5.85. The Labute approximate surface area is 134 Å². The fourth-order valence-electron chi connectivity index (χ4n) is 2.80. The van der Waals surface area contributed by atoms with Crippen LogP contribution in [0.3, 0.4) is 0 Å². The van der Waals surface area contributed by atoms with E-state index in [4.69, 9.17) is 11.6 Å². The molecule has 1 aromatic rings. The normalized spacial score (nSPS) is 15.8. The number of hydrogen-bond acceptors (Lipinski definition) is 1. The number of nitrogens with zero attached hydrogens (tertiary/aromatic N) is 1. The Morgan fingerprint density at radius 3 is 2.60 bits per heavy atom. The highest BCUT2D eigenvalue weighted by Gasteiger charge is 2.28. The Bertz CT molecular complexity index is 483. The maximum atomic E-state index is 12.8. The van der Waals surface area contributed by atoms with E-state index in [2.05, 4.69) is 34.7 Å². The van der Waals surface area contributed by atoms with Gasteiger partial charge in [0.25, 0.3) is 5.91 Å². The zero-order valence-corrected chi connectivity index (χ0v) is 14.4. The molecule has 0 bridgehead atoms. The first-order chi connectivity index (χ1) is 9.49. The van der Waals surface area contributed by atoms with E-state index in [0.29, 0.717) is 22.5 Å². The van der Waals surface area contributed by atoms with E-state index in [1.807, 2.05) is 12.1 Å². The van der Waals surface area contributed by atoms with Gasteiger partial charge < -0.3 is 4.90 Å². The van der Waals surface area contributed by atoms with E-state index in [-0.39, 0.29) is 5.91 Å². The first kappa shape index (κ1) is 15.8. The van der Waals surface area contributed by atoms with E-state index < -0.39 is 0 Å². The van der Waals surface area contributed by atoms with E-state index in [0.717, 1.165) is 23.9 Å². The molecule has 0 radical (unpaired) electrons. The molecule has 1 fully saturated rings. The molecule has 20 heavy (non-hydrogen) atoms. The van der Waals surface area contributed by atoms with Crippen molar-refractivity contribution in [2.24, 2.45) is 5.92 Å². The summed E-state index contributed by atoms with van der Waals surface area (Å²) in [5.74, 6) is 0.588. The average molecular weight is 359 g/mol. The summed E-state index contributed by atoms with van der Waals surface area (Å²) in [5.41, 5.74) is 0.686. The van der Waals surface area contributed by atoms with Gasteiger partial charge in [-0.1, -0.05) is 38.3 Å². The van der Waals surface area contributed by atoms with Crippen LogP contribution in [-0.2, 0) is 0 Å². The smallest absolute Gasteiger partial charge is 0.254 e. The lowest BCUT2D eigenvalue weighted by molar-refractivity contribution is 0.0655. The molecule has 0 unspecified atom stereocenters. The number of halogens is 2. The second kappa shape index (κ2) is 6.95. The number of carbonyl (C=O) groups excluding carboxylic acids is 1. The first-order valence-electron chi connectivity index (χ1n) is 7.25. The molecule has 0 saturated heterocycles. The molecule has 0 spiro atoms. The van der Waals surface area contributed by atoms with Gasteiger partial charge in [0.1, 0.15) is 0 Å². The molecular weight excluding hydrogens is 338 g/mol. The third kappa shape index (κ3) is 3.76. The molecule has 1 aliphatic carbocycles. The molecule has 1 aromatic carbocycles. The van der Waals surface area contributed by atoms with Gasteiger partial charge >= 0.3 is 0 Å². The van der Waals surface area contributed by atoms with Gasteiger partial charge in [0.15, 0.2) is 0 Å². The molecule has 2 nitrogen and oxygen atoms in total. The van der Waals surface area contributed by atoms with Crippen LogP contribution in [0.25, 0.3) is 0 Å². The van der Waals surface area contributed by atoms with Crippen molar-refractivity contribution in [3.8, 4) is 0 Å². The Morgan fingerprint density at radius 1 is 1.40 bits per heavy atom. The molecule has 1 aliphatic rings. The van der Waals surface area contributed by atoms with Crippen molar-refractivity contribution in [2.75, 3.05) is 6.54 Å². The van der Waals surface area contributed by atoms with Crippen molar-refractivity contribution in [3.63, 3.8) is 0 Å². The van der Waals surface area contributed by atoms with Crippen molar-refractivity contribution in [3.05, 3.63) is 33.3 Å². The summed E-state index contributed by atoms with van der Waals surface area (Å²) in [6.07, 6.45) is 4.71. The molecule has 0 heterocycles. The lowest BCUT2D eigenvalue weighted by atomic mass is 10.1. The van der Waals surface area contributed by atoms with E-state index in [1.165, 1.54) is 12.8 Å². The summed E-state index contributed by atoms with van der Waals surface area (Å²) in [7, 11) is 0. The minimum absolute atomic E-state index is 0.111. The lowest BCUT2D eigenvalue weighted by Crippen LogP contribution is -2.41. The molecule has 1 amide bonds. The highest BCUT2D eigenvalue weighted by atomic mass is 79.9. The van der Waals surface area contributed by atoms with Gasteiger partial charge in [-0.3, -0.25) is 4.79 Å². The molecule has 1 saturated carbocycles. The fraction of sp³-hybridized carbons (Fsp3) is 0.562. The minimum atomic E-state index is 0.111. The van der Waals surface area contributed by atoms with Crippen molar-refractivity contribution in [1.29, 1.82) is 0 Å². The van der Waals surface area contributed by atoms with Crippen LogP contribution in [0.15, 0.2) is 22.7 Å². The SMILES string of the molecule is CC(C)CN(C(=O)c1ccc(Br)c(Cl)c1)C1CCCC1. The number of carbonyl (C=O) groups is 1. The molecule has 0 atom stereocenters. The fourth-order valence-corrected chi connectivity index (χ4v) is 3.23. The monoisotopic (exact) mass is 357 g/mol. The van der Waals surface area contributed by atoms with Crippen LogP contribution in [0.4, 0.5) is 0 Å². The third-order valence-electron chi connectivity index (χ3n) is 3.75. The van der Waals surface area contributed by atoms with E-state index in [1.54, 1.807) is 6.07 Å². The van der Waals surface area contributed by atoms with Crippen molar-refractivity contribution < 1.29 is 4.79 Å². The maximum Gasteiger partial charge on any atom is 0.254 e. The van der Waals surface area contributed by atoms with Crippen LogP contribution in [-0.4, -0.2) is 23.4 Å². The standard InChI is InChI=1S/C16H21BrClNO/c1-11(2)10-19(13-5-3-4-6-13)16(20)12-7-8-14(17)15(18)9-12/h7-9,11,13H,3-6,10H2,1-2H3. The van der Waals surface area contributed by atoms with Gasteiger partial charge in [0.05, 0.1) is 5.02 Å². The quantitative estimate of drug-likeness (QED) is 0.729. The Balaban J connectivity index is 2.22. The second-order valence-electron chi connectivity index (χ2n) is 5.92. The van der Waals surface area contributed by atoms with Gasteiger partial charge in [-0.25, -0.2) is 0 Å². The predicted molar refractivity (Wildman–Crippen MR) is 87.3 cm³/mol. The highest BCUT2D eigenvalue weighted by Crippen LogP contribution is 2.28. The Hall–Kier alpha value is -0.540. The number of benzene rings is 1. The number of amides is 1. The molecule has 2 rings (SSSR count). The van der Waals surface area contributed by atoms with Crippen LogP contribution < -0.4 is 0 Å². The molecule has 110 valence electrons. The highest BCUT2D eigenvalue weighted by molar-refractivity contribution is 9.10. The second-order valence-corrected chi connectivity index (χ2v) is 7.18. The number of hydrogen-bond donors (Lipinski definition) is 0. The van der Waals surface area contributed by atoms with Crippen LogP contribution >= 0.6 is 27.5 Å². The number of rotatable bonds is 4. The average Bonchev–Trinajstić information content (AvgIpc) is 2.92. The van der Waals surface area contributed by atoms with Crippen LogP contribution in [0.5, 0.6) is 0 Å². The molecular formula is C16H21BrClNO. The molecule has 0 aliphatic heterocycles. The van der Waals surface area contributed by atoms with E-state index >= 15 is 0 Å². The zero-order chi connectivity index (χ0) is 14.7. The molecule has 0 aromatic heterocycles. The van der Waals surface area contributed by atoms with Crippen LogP contribution in [0.1, 0.15) is 49.9 Å². The van der Waals surface area contributed by atoms with Gasteiger partial charge in [-0.2, -0.15) is 0 Å². The molecule has 4 heteroatoms. The minimum Gasteiger partial charge on any atom is -0.335 e. The summed E-state index contributed by atoms with van der Waals surface area (Å²) >= 11 is 9.48.